The Hall–Kier alpha value is -0.100. The van der Waals surface area contributed by atoms with Gasteiger partial charge in [0.05, 0.1) is 22.9 Å². The SMILES string of the molecule is Clc1cc(Br)ccc1NCc1ncc(Br)cc1Br. The fourth-order valence-corrected chi connectivity index (χ4v) is 3.25. The lowest BCUT2D eigenvalue weighted by atomic mass is 10.3. The van der Waals surface area contributed by atoms with Gasteiger partial charge in [0.15, 0.2) is 0 Å². The Bertz CT molecular complexity index is 524. The van der Waals surface area contributed by atoms with Gasteiger partial charge in [-0.2, -0.15) is 0 Å². The van der Waals surface area contributed by atoms with E-state index in [-0.39, 0.29) is 0 Å². The molecule has 94 valence electrons. The monoisotopic (exact) mass is 452 g/mol. The van der Waals surface area contributed by atoms with Gasteiger partial charge < -0.3 is 5.32 Å². The molecule has 1 aromatic carbocycles. The van der Waals surface area contributed by atoms with Crippen molar-refractivity contribution in [2.24, 2.45) is 0 Å². The molecule has 6 heteroatoms. The highest BCUT2D eigenvalue weighted by Gasteiger charge is 2.04. The van der Waals surface area contributed by atoms with E-state index < -0.39 is 0 Å². The zero-order valence-electron chi connectivity index (χ0n) is 9.05. The second-order valence-electron chi connectivity index (χ2n) is 3.56. The van der Waals surface area contributed by atoms with Crippen LogP contribution < -0.4 is 5.32 Å². The summed E-state index contributed by atoms with van der Waals surface area (Å²) < 4.78 is 2.86. The Kier molecular flexibility index (Phi) is 5.06. The summed E-state index contributed by atoms with van der Waals surface area (Å²) in [4.78, 5) is 4.33. The molecular formula is C12H8Br3ClN2. The second kappa shape index (κ2) is 6.37. The van der Waals surface area contributed by atoms with E-state index in [0.717, 1.165) is 24.8 Å². The lowest BCUT2D eigenvalue weighted by molar-refractivity contribution is 1.03. The first-order valence-corrected chi connectivity index (χ1v) is 7.81. The largest absolute Gasteiger partial charge is 0.378 e. The summed E-state index contributed by atoms with van der Waals surface area (Å²) in [5.41, 5.74) is 1.81. The maximum atomic E-state index is 6.13. The Morgan fingerprint density at radius 2 is 1.89 bits per heavy atom. The molecule has 2 aromatic rings. The van der Waals surface area contributed by atoms with Gasteiger partial charge in [-0.05, 0) is 56.1 Å². The van der Waals surface area contributed by atoms with Crippen LogP contribution in [0.5, 0.6) is 0 Å². The lowest BCUT2D eigenvalue weighted by Crippen LogP contribution is -2.02. The van der Waals surface area contributed by atoms with Crippen LogP contribution in [0.25, 0.3) is 0 Å². The van der Waals surface area contributed by atoms with Gasteiger partial charge >= 0.3 is 0 Å². The highest BCUT2D eigenvalue weighted by molar-refractivity contribution is 9.11. The third-order valence-corrected chi connectivity index (χ3v) is 4.19. The molecule has 0 radical (unpaired) electrons. The fraction of sp³-hybridized carbons (Fsp3) is 0.0833. The zero-order chi connectivity index (χ0) is 13.1. The van der Waals surface area contributed by atoms with E-state index in [1.54, 1.807) is 6.20 Å². The number of nitrogens with one attached hydrogen (secondary N) is 1. The molecule has 1 aromatic heterocycles. The number of hydrogen-bond acceptors (Lipinski definition) is 2. The molecule has 1 N–H and O–H groups in total. The zero-order valence-corrected chi connectivity index (χ0v) is 14.6. The van der Waals surface area contributed by atoms with Gasteiger partial charge in [0.25, 0.3) is 0 Å². The van der Waals surface area contributed by atoms with Crippen molar-refractivity contribution >= 4 is 65.1 Å². The summed E-state index contributed by atoms with van der Waals surface area (Å²) in [6.07, 6.45) is 1.77. The molecule has 2 rings (SSSR count). The average Bonchev–Trinajstić information content (AvgIpc) is 2.30. The summed E-state index contributed by atoms with van der Waals surface area (Å²) >= 11 is 16.4. The van der Waals surface area contributed by atoms with Crippen molar-refractivity contribution in [2.75, 3.05) is 5.32 Å². The smallest absolute Gasteiger partial charge is 0.0737 e. The van der Waals surface area contributed by atoms with Crippen LogP contribution in [0.4, 0.5) is 5.69 Å². The summed E-state index contributed by atoms with van der Waals surface area (Å²) in [5, 5.41) is 3.93. The first kappa shape index (κ1) is 14.3. The highest BCUT2D eigenvalue weighted by Crippen LogP contribution is 2.27. The molecule has 0 saturated carbocycles. The first-order chi connectivity index (χ1) is 8.56. The number of halogens is 4. The van der Waals surface area contributed by atoms with Crippen molar-refractivity contribution in [1.29, 1.82) is 0 Å². The first-order valence-electron chi connectivity index (χ1n) is 5.05. The van der Waals surface area contributed by atoms with Crippen LogP contribution in [0.2, 0.25) is 5.02 Å². The lowest BCUT2D eigenvalue weighted by Gasteiger charge is -2.09. The van der Waals surface area contributed by atoms with E-state index in [1.807, 2.05) is 24.3 Å². The van der Waals surface area contributed by atoms with Crippen molar-refractivity contribution in [3.05, 3.63) is 54.6 Å². The molecule has 2 nitrogen and oxygen atoms in total. The number of hydrogen-bond donors (Lipinski definition) is 1. The van der Waals surface area contributed by atoms with Gasteiger partial charge in [-0.1, -0.05) is 27.5 Å². The molecule has 0 saturated heterocycles. The molecule has 0 fully saturated rings. The number of pyridine rings is 1. The summed E-state index contributed by atoms with van der Waals surface area (Å²) in [6, 6.07) is 7.69. The minimum Gasteiger partial charge on any atom is -0.378 e. The number of benzene rings is 1. The molecule has 0 unspecified atom stereocenters. The molecule has 0 bridgehead atoms. The summed E-state index contributed by atoms with van der Waals surface area (Å²) in [6.45, 7) is 0.606. The van der Waals surface area contributed by atoms with Crippen molar-refractivity contribution in [2.45, 2.75) is 6.54 Å². The van der Waals surface area contributed by atoms with Gasteiger partial charge in [-0.25, -0.2) is 0 Å². The quantitative estimate of drug-likeness (QED) is 0.649. The molecule has 0 spiro atoms. The maximum absolute atomic E-state index is 6.13. The van der Waals surface area contributed by atoms with Crippen LogP contribution >= 0.6 is 59.4 Å². The van der Waals surface area contributed by atoms with Gasteiger partial charge in [0, 0.05) is 19.6 Å². The Labute approximate surface area is 136 Å². The van der Waals surface area contributed by atoms with Crippen LogP contribution in [0, 0.1) is 0 Å². The minimum atomic E-state index is 0.606. The normalized spacial score (nSPS) is 10.4. The Morgan fingerprint density at radius 3 is 2.56 bits per heavy atom. The topological polar surface area (TPSA) is 24.9 Å². The van der Waals surface area contributed by atoms with Gasteiger partial charge in [-0.15, -0.1) is 0 Å². The van der Waals surface area contributed by atoms with Crippen molar-refractivity contribution in [1.82, 2.24) is 4.98 Å². The van der Waals surface area contributed by atoms with E-state index in [9.17, 15) is 0 Å². The van der Waals surface area contributed by atoms with Crippen molar-refractivity contribution in [3.8, 4) is 0 Å². The van der Waals surface area contributed by atoms with Crippen LogP contribution in [0.15, 0.2) is 43.9 Å². The molecule has 0 aliphatic heterocycles. The molecular weight excluding hydrogens is 447 g/mol. The highest BCUT2D eigenvalue weighted by atomic mass is 79.9. The Balaban J connectivity index is 2.11. The molecule has 0 aliphatic carbocycles. The molecule has 0 aliphatic rings. The van der Waals surface area contributed by atoms with Gasteiger partial charge in [-0.3, -0.25) is 4.98 Å². The van der Waals surface area contributed by atoms with Crippen molar-refractivity contribution < 1.29 is 0 Å². The average molecular weight is 455 g/mol. The second-order valence-corrected chi connectivity index (χ2v) is 6.65. The standard InChI is InChI=1S/C12H8Br3ClN2/c13-7-1-2-11(10(16)4-7)18-6-12-9(15)3-8(14)5-17-12/h1-5,18H,6H2. The fourth-order valence-electron chi connectivity index (χ4n) is 1.38. The van der Waals surface area contributed by atoms with E-state index in [2.05, 4.69) is 58.1 Å². The predicted octanol–water partition coefficient (Wildman–Crippen LogP) is 5.63. The van der Waals surface area contributed by atoms with E-state index in [0.29, 0.717) is 11.6 Å². The van der Waals surface area contributed by atoms with Crippen molar-refractivity contribution in [3.63, 3.8) is 0 Å². The molecule has 0 amide bonds. The number of rotatable bonds is 3. The molecule has 1 heterocycles. The minimum absolute atomic E-state index is 0.606. The van der Waals surface area contributed by atoms with E-state index >= 15 is 0 Å². The third-order valence-electron chi connectivity index (χ3n) is 2.26. The van der Waals surface area contributed by atoms with E-state index in [4.69, 9.17) is 11.6 Å². The third kappa shape index (κ3) is 3.70. The Morgan fingerprint density at radius 1 is 1.11 bits per heavy atom. The number of anilines is 1. The van der Waals surface area contributed by atoms with Crippen LogP contribution in [-0.2, 0) is 6.54 Å². The molecule has 0 atom stereocenters. The van der Waals surface area contributed by atoms with Gasteiger partial charge in [0.1, 0.15) is 0 Å². The van der Waals surface area contributed by atoms with E-state index in [1.165, 1.54) is 0 Å². The number of nitrogens with zero attached hydrogens (tertiary/aromatic N) is 1. The van der Waals surface area contributed by atoms with Crippen LogP contribution in [0.3, 0.4) is 0 Å². The summed E-state index contributed by atoms with van der Waals surface area (Å²) in [5.74, 6) is 0. The van der Waals surface area contributed by atoms with Crippen LogP contribution in [0.1, 0.15) is 5.69 Å². The number of aromatic nitrogens is 1. The van der Waals surface area contributed by atoms with Gasteiger partial charge in [0.2, 0.25) is 0 Å². The summed E-state index contributed by atoms with van der Waals surface area (Å²) in [7, 11) is 0. The van der Waals surface area contributed by atoms with Crippen LogP contribution in [-0.4, -0.2) is 4.98 Å². The maximum Gasteiger partial charge on any atom is 0.0737 e. The predicted molar refractivity (Wildman–Crippen MR) is 86.1 cm³/mol. The molecule has 18 heavy (non-hydrogen) atoms.